The van der Waals surface area contributed by atoms with Crippen molar-refractivity contribution in [2.45, 2.75) is 45.3 Å². The van der Waals surface area contributed by atoms with Crippen LogP contribution >= 0.6 is 0 Å². The van der Waals surface area contributed by atoms with Crippen LogP contribution in [0.25, 0.3) is 0 Å². The molecule has 1 fully saturated rings. The van der Waals surface area contributed by atoms with Crippen LogP contribution in [0.15, 0.2) is 48.5 Å². The largest absolute Gasteiger partial charge is 0.478 e. The summed E-state index contributed by atoms with van der Waals surface area (Å²) < 4.78 is 0. The number of carboxylic acid groups (broad SMARTS) is 1. The summed E-state index contributed by atoms with van der Waals surface area (Å²) in [5, 5.41) is 11.9. The summed E-state index contributed by atoms with van der Waals surface area (Å²) in [5.74, 6) is -1.19. The number of aryl methyl sites for hydroxylation is 1. The Bertz CT molecular complexity index is 874. The number of aromatic carboxylic acids is 1. The number of nitrogens with one attached hydrogen (secondary N) is 1. The maximum absolute atomic E-state index is 12.8. The molecule has 2 aromatic carbocycles. The summed E-state index contributed by atoms with van der Waals surface area (Å²) in [6.45, 7) is 4.26. The Balaban J connectivity index is 1.66. The number of nitrogens with zero attached hydrogens (tertiary/aromatic N) is 1. The highest BCUT2D eigenvalue weighted by molar-refractivity contribution is 5.91. The van der Waals surface area contributed by atoms with Crippen LogP contribution in [0.5, 0.6) is 0 Å². The molecule has 1 unspecified atom stereocenters. The Morgan fingerprint density at radius 2 is 1.79 bits per heavy atom. The smallest absolute Gasteiger partial charge is 0.335 e. The summed E-state index contributed by atoms with van der Waals surface area (Å²) in [6.07, 6.45) is 0.868. The van der Waals surface area contributed by atoms with Crippen LogP contribution < -0.4 is 5.32 Å². The summed E-state index contributed by atoms with van der Waals surface area (Å²) in [7, 11) is 0. The highest BCUT2D eigenvalue weighted by Crippen LogP contribution is 2.23. The predicted octanol–water partition coefficient (Wildman–Crippen LogP) is 3.06. The summed E-state index contributed by atoms with van der Waals surface area (Å²) in [5.41, 5.74) is 3.16. The van der Waals surface area contributed by atoms with E-state index in [1.165, 1.54) is 12.1 Å². The van der Waals surface area contributed by atoms with Crippen molar-refractivity contribution in [3.8, 4) is 0 Å². The Labute approximate surface area is 164 Å². The van der Waals surface area contributed by atoms with Crippen LogP contribution in [0.1, 0.15) is 52.9 Å². The molecule has 0 bridgehead atoms. The molecular weight excluding hydrogens is 356 g/mol. The molecule has 2 atom stereocenters. The highest BCUT2D eigenvalue weighted by Gasteiger charge is 2.36. The molecule has 6 nitrogen and oxygen atoms in total. The van der Waals surface area contributed by atoms with E-state index in [9.17, 15) is 14.4 Å². The first-order valence-electron chi connectivity index (χ1n) is 9.34. The maximum Gasteiger partial charge on any atom is 0.335 e. The average molecular weight is 380 g/mol. The SMILES string of the molecule is Cc1ccc(CN2C(=O)CCC2C(=O)N[C@@H](C)c2ccc(C(=O)O)cc2)cc1. The fourth-order valence-electron chi connectivity index (χ4n) is 3.40. The minimum absolute atomic E-state index is 0.0146. The van der Waals surface area contributed by atoms with E-state index >= 15 is 0 Å². The molecule has 2 N–H and O–H groups in total. The lowest BCUT2D eigenvalue weighted by molar-refractivity contribution is -0.136. The second-order valence-electron chi connectivity index (χ2n) is 7.22. The number of likely N-dealkylation sites (tertiary alicyclic amines) is 1. The second-order valence-corrected chi connectivity index (χ2v) is 7.22. The number of carboxylic acids is 1. The van der Waals surface area contributed by atoms with Gasteiger partial charge in [-0.05, 0) is 43.5 Å². The van der Waals surface area contributed by atoms with Crippen LogP contribution in [-0.2, 0) is 16.1 Å². The lowest BCUT2D eigenvalue weighted by Gasteiger charge is -2.26. The molecule has 0 saturated carbocycles. The number of amides is 2. The zero-order valence-corrected chi connectivity index (χ0v) is 16.0. The topological polar surface area (TPSA) is 86.7 Å². The summed E-state index contributed by atoms with van der Waals surface area (Å²) in [4.78, 5) is 37.7. The van der Waals surface area contributed by atoms with Gasteiger partial charge >= 0.3 is 5.97 Å². The zero-order chi connectivity index (χ0) is 20.3. The third-order valence-corrected chi connectivity index (χ3v) is 5.12. The molecule has 6 heteroatoms. The molecule has 2 amide bonds. The molecule has 0 aliphatic carbocycles. The van der Waals surface area contributed by atoms with E-state index in [4.69, 9.17) is 5.11 Å². The first-order chi connectivity index (χ1) is 13.3. The van der Waals surface area contributed by atoms with Crippen molar-refractivity contribution in [1.29, 1.82) is 0 Å². The number of rotatable bonds is 6. The molecule has 1 aliphatic heterocycles. The number of carbonyl (C=O) groups excluding carboxylic acids is 2. The molecule has 1 aliphatic rings. The van der Waals surface area contributed by atoms with E-state index in [2.05, 4.69) is 5.32 Å². The summed E-state index contributed by atoms with van der Waals surface area (Å²) in [6, 6.07) is 13.6. The van der Waals surface area contributed by atoms with Crippen LogP contribution in [0, 0.1) is 6.92 Å². The molecule has 2 aromatic rings. The van der Waals surface area contributed by atoms with E-state index in [1.54, 1.807) is 17.0 Å². The Morgan fingerprint density at radius 1 is 1.14 bits per heavy atom. The average Bonchev–Trinajstić information content (AvgIpc) is 3.04. The van der Waals surface area contributed by atoms with E-state index in [0.29, 0.717) is 19.4 Å². The Morgan fingerprint density at radius 3 is 2.39 bits per heavy atom. The fourth-order valence-corrected chi connectivity index (χ4v) is 3.40. The molecule has 0 radical (unpaired) electrons. The monoisotopic (exact) mass is 380 g/mol. The molecular formula is C22H24N2O4. The van der Waals surface area contributed by atoms with Gasteiger partial charge in [0, 0.05) is 13.0 Å². The zero-order valence-electron chi connectivity index (χ0n) is 16.0. The lowest BCUT2D eigenvalue weighted by Crippen LogP contribution is -2.45. The number of hydrogen-bond donors (Lipinski definition) is 2. The fraction of sp³-hybridized carbons (Fsp3) is 0.318. The molecule has 1 saturated heterocycles. The molecule has 1 heterocycles. The van der Waals surface area contributed by atoms with Crippen molar-refractivity contribution in [2.24, 2.45) is 0 Å². The molecule has 3 rings (SSSR count). The van der Waals surface area contributed by atoms with Gasteiger partial charge in [-0.1, -0.05) is 42.0 Å². The number of hydrogen-bond acceptors (Lipinski definition) is 3. The van der Waals surface area contributed by atoms with Crippen LogP contribution in [0.3, 0.4) is 0 Å². The van der Waals surface area contributed by atoms with Crippen LogP contribution in [0.2, 0.25) is 0 Å². The molecule has 146 valence electrons. The van der Waals surface area contributed by atoms with Gasteiger partial charge < -0.3 is 15.3 Å². The van der Waals surface area contributed by atoms with E-state index < -0.39 is 12.0 Å². The van der Waals surface area contributed by atoms with Crippen LogP contribution in [0.4, 0.5) is 0 Å². The van der Waals surface area contributed by atoms with Gasteiger partial charge in [-0.25, -0.2) is 4.79 Å². The van der Waals surface area contributed by atoms with Crippen molar-refractivity contribution in [2.75, 3.05) is 0 Å². The van der Waals surface area contributed by atoms with E-state index in [1.807, 2.05) is 38.1 Å². The lowest BCUT2D eigenvalue weighted by atomic mass is 10.1. The predicted molar refractivity (Wildman–Crippen MR) is 105 cm³/mol. The van der Waals surface area contributed by atoms with Gasteiger partial charge in [0.1, 0.15) is 6.04 Å². The Hall–Kier alpha value is -3.15. The molecule has 28 heavy (non-hydrogen) atoms. The third-order valence-electron chi connectivity index (χ3n) is 5.12. The minimum atomic E-state index is -0.987. The van der Waals surface area contributed by atoms with E-state index in [0.717, 1.165) is 16.7 Å². The maximum atomic E-state index is 12.8. The van der Waals surface area contributed by atoms with Gasteiger partial charge in [0.2, 0.25) is 11.8 Å². The van der Waals surface area contributed by atoms with Crippen molar-refractivity contribution in [1.82, 2.24) is 10.2 Å². The minimum Gasteiger partial charge on any atom is -0.478 e. The molecule has 0 spiro atoms. The van der Waals surface area contributed by atoms with Gasteiger partial charge in [0.15, 0.2) is 0 Å². The van der Waals surface area contributed by atoms with E-state index in [-0.39, 0.29) is 23.4 Å². The normalized spacial score (nSPS) is 17.4. The Kier molecular flexibility index (Phi) is 5.78. The van der Waals surface area contributed by atoms with Gasteiger partial charge in [-0.15, -0.1) is 0 Å². The summed E-state index contributed by atoms with van der Waals surface area (Å²) >= 11 is 0. The van der Waals surface area contributed by atoms with Crippen molar-refractivity contribution in [3.05, 3.63) is 70.8 Å². The third kappa shape index (κ3) is 4.39. The first-order valence-corrected chi connectivity index (χ1v) is 9.34. The van der Waals surface area contributed by atoms with Crippen molar-refractivity contribution >= 4 is 17.8 Å². The van der Waals surface area contributed by atoms with Gasteiger partial charge in [0.05, 0.1) is 11.6 Å². The van der Waals surface area contributed by atoms with Crippen molar-refractivity contribution < 1.29 is 19.5 Å². The van der Waals surface area contributed by atoms with Gasteiger partial charge in [-0.2, -0.15) is 0 Å². The number of benzene rings is 2. The van der Waals surface area contributed by atoms with Crippen LogP contribution in [-0.4, -0.2) is 33.8 Å². The highest BCUT2D eigenvalue weighted by atomic mass is 16.4. The van der Waals surface area contributed by atoms with Gasteiger partial charge in [0.25, 0.3) is 0 Å². The van der Waals surface area contributed by atoms with Crippen molar-refractivity contribution in [3.63, 3.8) is 0 Å². The first kappa shape index (κ1) is 19.6. The quantitative estimate of drug-likeness (QED) is 0.806. The molecule has 0 aromatic heterocycles. The second kappa shape index (κ2) is 8.25. The number of carbonyl (C=O) groups is 3. The standard InChI is InChI=1S/C22H24N2O4/c1-14-3-5-16(6-4-14)13-24-19(11-12-20(24)25)21(26)23-15(2)17-7-9-18(10-8-17)22(27)28/h3-10,15,19H,11-13H2,1-2H3,(H,23,26)(H,27,28)/t15-,19?/m0/s1. The van der Waals surface area contributed by atoms with Gasteiger partial charge in [-0.3, -0.25) is 9.59 Å².